The molecule has 1 atom stereocenters. The Morgan fingerprint density at radius 2 is 1.77 bits per heavy atom. The average Bonchev–Trinajstić information content (AvgIpc) is 3.18. The topological polar surface area (TPSA) is 88.5 Å². The van der Waals surface area contributed by atoms with Crippen molar-refractivity contribution in [1.29, 1.82) is 0 Å². The Morgan fingerprint density at radius 3 is 2.41 bits per heavy atom. The number of amides is 1. The number of aliphatic hydroxyl groups excluding tert-OH is 1. The average molecular weight is 539 g/mol. The van der Waals surface area contributed by atoms with Gasteiger partial charge in [-0.3, -0.25) is 9.59 Å². The number of rotatable bonds is 14. The highest BCUT2D eigenvalue weighted by Gasteiger charge is 2.46. The first kappa shape index (κ1) is 30.0. The number of aliphatic hydroxyl groups is 1. The molecular formula is C31H42N2O6. The zero-order chi connectivity index (χ0) is 28.5. The maximum Gasteiger partial charge on any atom is 0.295 e. The molecule has 8 nitrogen and oxygen atoms in total. The van der Waals surface area contributed by atoms with Crippen LogP contribution in [0.3, 0.4) is 0 Å². The minimum atomic E-state index is -0.782. The fourth-order valence-electron chi connectivity index (χ4n) is 4.68. The number of hydrogen-bond donors (Lipinski definition) is 1. The highest BCUT2D eigenvalue weighted by atomic mass is 16.5. The molecule has 1 heterocycles. The van der Waals surface area contributed by atoms with Crippen LogP contribution < -0.4 is 14.2 Å². The zero-order valence-electron chi connectivity index (χ0n) is 24.0. The SMILES string of the molecule is CCOc1cccc(/C(O)=C2\C(=O)C(=O)N(CCN(CC)CC)C2c2ccc(OCCC(C)C)c(OC)c2)c1. The Hall–Kier alpha value is -3.52. The van der Waals surface area contributed by atoms with Gasteiger partial charge < -0.3 is 29.1 Å². The van der Waals surface area contributed by atoms with E-state index in [-0.39, 0.29) is 11.3 Å². The number of Topliss-reactive ketones (excluding diaryl/α,β-unsaturated/α-hetero) is 1. The van der Waals surface area contributed by atoms with Crippen molar-refractivity contribution >= 4 is 17.4 Å². The second-order valence-electron chi connectivity index (χ2n) is 9.92. The number of hydrogen-bond acceptors (Lipinski definition) is 7. The van der Waals surface area contributed by atoms with Crippen LogP contribution in [0.1, 0.15) is 58.2 Å². The molecule has 0 bridgehead atoms. The summed E-state index contributed by atoms with van der Waals surface area (Å²) >= 11 is 0. The summed E-state index contributed by atoms with van der Waals surface area (Å²) in [7, 11) is 1.56. The van der Waals surface area contributed by atoms with E-state index in [0.29, 0.717) is 60.6 Å². The lowest BCUT2D eigenvalue weighted by atomic mass is 9.95. The van der Waals surface area contributed by atoms with Crippen LogP contribution in [0.4, 0.5) is 0 Å². The van der Waals surface area contributed by atoms with Crippen molar-refractivity contribution in [2.24, 2.45) is 5.92 Å². The van der Waals surface area contributed by atoms with E-state index in [2.05, 4.69) is 32.6 Å². The van der Waals surface area contributed by atoms with Crippen molar-refractivity contribution in [3.8, 4) is 17.2 Å². The molecule has 1 unspecified atom stereocenters. The van der Waals surface area contributed by atoms with Crippen LogP contribution >= 0.6 is 0 Å². The van der Waals surface area contributed by atoms with Gasteiger partial charge in [0.1, 0.15) is 11.5 Å². The van der Waals surface area contributed by atoms with Crippen LogP contribution in [-0.2, 0) is 9.59 Å². The predicted molar refractivity (Wildman–Crippen MR) is 152 cm³/mol. The summed E-state index contributed by atoms with van der Waals surface area (Å²) in [5, 5.41) is 11.4. The Bertz CT molecular complexity index is 1170. The van der Waals surface area contributed by atoms with Crippen LogP contribution in [0, 0.1) is 5.92 Å². The Morgan fingerprint density at radius 1 is 1.03 bits per heavy atom. The van der Waals surface area contributed by atoms with Crippen molar-refractivity contribution in [1.82, 2.24) is 9.80 Å². The minimum absolute atomic E-state index is 0.0451. The molecule has 2 aromatic carbocycles. The maximum atomic E-state index is 13.4. The second kappa shape index (κ2) is 14.0. The Labute approximate surface area is 232 Å². The third kappa shape index (κ3) is 7.12. The molecule has 1 saturated heterocycles. The molecule has 1 aliphatic heterocycles. The maximum absolute atomic E-state index is 13.4. The summed E-state index contributed by atoms with van der Waals surface area (Å²) in [6, 6.07) is 11.5. The number of ether oxygens (including phenoxy) is 3. The lowest BCUT2D eigenvalue weighted by molar-refractivity contribution is -0.140. The molecule has 8 heteroatoms. The van der Waals surface area contributed by atoms with E-state index in [4.69, 9.17) is 14.2 Å². The Kier molecular flexibility index (Phi) is 10.8. The minimum Gasteiger partial charge on any atom is -0.507 e. The standard InChI is InChI=1S/C31H42N2O6/c1-7-32(8-2)16-17-33-28(22-13-14-25(26(20-22)37-6)39-18-15-21(4)5)27(30(35)31(33)36)29(34)23-11-10-12-24(19-23)38-9-3/h10-14,19-21,28,34H,7-9,15-18H2,1-6H3/b29-27+. The number of likely N-dealkylation sites (N-methyl/N-ethyl adjacent to an activating group) is 1. The normalized spacial score (nSPS) is 16.8. The van der Waals surface area contributed by atoms with Gasteiger partial charge in [-0.05, 0) is 62.2 Å². The Balaban J connectivity index is 2.09. The molecule has 0 radical (unpaired) electrons. The van der Waals surface area contributed by atoms with E-state index >= 15 is 0 Å². The predicted octanol–water partition coefficient (Wildman–Crippen LogP) is 5.28. The van der Waals surface area contributed by atoms with Crippen molar-refractivity contribution in [2.45, 2.75) is 47.1 Å². The molecule has 1 aliphatic rings. The van der Waals surface area contributed by atoms with E-state index in [1.807, 2.05) is 13.0 Å². The zero-order valence-corrected chi connectivity index (χ0v) is 24.0. The third-order valence-electron chi connectivity index (χ3n) is 6.97. The van der Waals surface area contributed by atoms with Crippen LogP contribution in [0.5, 0.6) is 17.2 Å². The third-order valence-corrected chi connectivity index (χ3v) is 6.97. The van der Waals surface area contributed by atoms with E-state index in [0.717, 1.165) is 19.5 Å². The molecule has 1 fully saturated rings. The van der Waals surface area contributed by atoms with Gasteiger partial charge >= 0.3 is 0 Å². The van der Waals surface area contributed by atoms with Crippen molar-refractivity contribution < 1.29 is 28.9 Å². The van der Waals surface area contributed by atoms with E-state index in [9.17, 15) is 14.7 Å². The molecule has 0 aliphatic carbocycles. The van der Waals surface area contributed by atoms with Crippen molar-refractivity contribution in [3.05, 3.63) is 59.2 Å². The van der Waals surface area contributed by atoms with Gasteiger partial charge in [0.15, 0.2) is 11.5 Å². The monoisotopic (exact) mass is 538 g/mol. The molecular weight excluding hydrogens is 496 g/mol. The summed E-state index contributed by atoms with van der Waals surface area (Å²) in [6.07, 6.45) is 0.900. The van der Waals surface area contributed by atoms with Gasteiger partial charge in [-0.2, -0.15) is 0 Å². The lowest BCUT2D eigenvalue weighted by Gasteiger charge is -2.28. The van der Waals surface area contributed by atoms with Gasteiger partial charge in [0.25, 0.3) is 11.7 Å². The van der Waals surface area contributed by atoms with Gasteiger partial charge in [0.05, 0.1) is 31.9 Å². The number of benzene rings is 2. The van der Waals surface area contributed by atoms with E-state index in [1.54, 1.807) is 48.4 Å². The summed E-state index contributed by atoms with van der Waals surface area (Å²) in [6.45, 7) is 13.9. The summed E-state index contributed by atoms with van der Waals surface area (Å²) in [5.41, 5.74) is 1.11. The first-order valence-corrected chi connectivity index (χ1v) is 13.8. The number of methoxy groups -OCH3 is 1. The van der Waals surface area contributed by atoms with Crippen molar-refractivity contribution in [3.63, 3.8) is 0 Å². The number of ketones is 1. The van der Waals surface area contributed by atoms with Crippen LogP contribution in [0.15, 0.2) is 48.0 Å². The molecule has 39 heavy (non-hydrogen) atoms. The molecule has 1 N–H and O–H groups in total. The number of nitrogens with zero attached hydrogens (tertiary/aromatic N) is 2. The van der Waals surface area contributed by atoms with Crippen molar-refractivity contribution in [2.75, 3.05) is 46.5 Å². The molecule has 0 saturated carbocycles. The second-order valence-corrected chi connectivity index (χ2v) is 9.92. The van der Waals surface area contributed by atoms with Gasteiger partial charge in [-0.15, -0.1) is 0 Å². The van der Waals surface area contributed by atoms with Crippen LogP contribution in [0.25, 0.3) is 5.76 Å². The van der Waals surface area contributed by atoms with Crippen LogP contribution in [0.2, 0.25) is 0 Å². The number of carbonyl (C=O) groups excluding carboxylic acids is 2. The lowest BCUT2D eigenvalue weighted by Crippen LogP contribution is -2.38. The smallest absolute Gasteiger partial charge is 0.295 e. The summed E-state index contributed by atoms with van der Waals surface area (Å²) in [4.78, 5) is 30.5. The summed E-state index contributed by atoms with van der Waals surface area (Å²) < 4.78 is 17.2. The van der Waals surface area contributed by atoms with Gasteiger partial charge in [0.2, 0.25) is 0 Å². The van der Waals surface area contributed by atoms with Crippen LogP contribution in [-0.4, -0.2) is 73.1 Å². The number of carbonyl (C=O) groups is 2. The number of likely N-dealkylation sites (tertiary alicyclic amines) is 1. The van der Waals surface area contributed by atoms with E-state index in [1.165, 1.54) is 0 Å². The fraction of sp³-hybridized carbons (Fsp3) is 0.484. The molecule has 212 valence electrons. The first-order chi connectivity index (χ1) is 18.7. The summed E-state index contributed by atoms with van der Waals surface area (Å²) in [5.74, 6) is 0.582. The van der Waals surface area contributed by atoms with E-state index < -0.39 is 17.7 Å². The van der Waals surface area contributed by atoms with Gasteiger partial charge in [-0.25, -0.2) is 0 Å². The molecule has 3 rings (SSSR count). The highest BCUT2D eigenvalue weighted by Crippen LogP contribution is 2.42. The molecule has 1 amide bonds. The molecule has 2 aromatic rings. The fourth-order valence-corrected chi connectivity index (χ4v) is 4.68. The first-order valence-electron chi connectivity index (χ1n) is 13.8. The quantitative estimate of drug-likeness (QED) is 0.199. The van der Waals surface area contributed by atoms with Gasteiger partial charge in [0, 0.05) is 18.7 Å². The largest absolute Gasteiger partial charge is 0.507 e. The van der Waals surface area contributed by atoms with Gasteiger partial charge in [-0.1, -0.05) is 45.9 Å². The molecule has 0 aromatic heterocycles. The molecule has 0 spiro atoms. The highest BCUT2D eigenvalue weighted by molar-refractivity contribution is 6.46.